The molecule has 1 fully saturated rings. The Morgan fingerprint density at radius 2 is 1.77 bits per heavy atom. The van der Waals surface area contributed by atoms with E-state index in [1.165, 1.54) is 16.9 Å². The van der Waals surface area contributed by atoms with Crippen molar-refractivity contribution in [2.75, 3.05) is 25.5 Å². The number of hydrogen-bond acceptors (Lipinski definition) is 5. The Kier molecular flexibility index (Phi) is 6.39. The number of hydrogen-bond donors (Lipinski definition) is 2. The Bertz CT molecular complexity index is 1020. The molecule has 0 radical (unpaired) electrons. The quantitative estimate of drug-likeness (QED) is 0.559. The number of carbonyl (C=O) groups is 1. The zero-order chi connectivity index (χ0) is 21.8. The summed E-state index contributed by atoms with van der Waals surface area (Å²) in [7, 11) is 1.66. The number of benzene rings is 2. The van der Waals surface area contributed by atoms with Gasteiger partial charge in [-0.05, 0) is 67.2 Å². The van der Waals surface area contributed by atoms with Gasteiger partial charge in [0, 0.05) is 16.4 Å². The number of anilines is 1. The maximum absolute atomic E-state index is 12.7. The summed E-state index contributed by atoms with van der Waals surface area (Å²) in [6.07, 6.45) is 2.30. The van der Waals surface area contributed by atoms with Crippen molar-refractivity contribution >= 4 is 22.4 Å². The third-order valence-corrected chi connectivity index (χ3v) is 6.92. The van der Waals surface area contributed by atoms with Crippen LogP contribution in [-0.4, -0.2) is 31.1 Å². The van der Waals surface area contributed by atoms with Gasteiger partial charge < -0.3 is 10.1 Å². The van der Waals surface area contributed by atoms with Crippen LogP contribution >= 0.6 is 11.3 Å². The molecule has 6 heteroatoms. The fourth-order valence-corrected chi connectivity index (χ4v) is 4.88. The number of aromatic nitrogens is 1. The van der Waals surface area contributed by atoms with Gasteiger partial charge in [-0.3, -0.25) is 10.1 Å². The second-order valence-electron chi connectivity index (χ2n) is 8.49. The first-order valence-electron chi connectivity index (χ1n) is 10.7. The number of thiazole rings is 1. The van der Waals surface area contributed by atoms with Crippen LogP contribution in [0.15, 0.2) is 53.9 Å². The molecule has 3 aromatic rings. The minimum Gasteiger partial charge on any atom is -0.497 e. The van der Waals surface area contributed by atoms with Crippen molar-refractivity contribution in [3.05, 3.63) is 76.3 Å². The largest absolute Gasteiger partial charge is 0.497 e. The van der Waals surface area contributed by atoms with Crippen LogP contribution in [0, 0.1) is 0 Å². The maximum atomic E-state index is 12.7. The number of piperidine rings is 1. The first-order valence-corrected chi connectivity index (χ1v) is 11.6. The first kappa shape index (κ1) is 21.5. The van der Waals surface area contributed by atoms with E-state index in [0.29, 0.717) is 16.6 Å². The van der Waals surface area contributed by atoms with Crippen molar-refractivity contribution in [1.82, 2.24) is 10.3 Å². The summed E-state index contributed by atoms with van der Waals surface area (Å²) in [6.45, 7) is 6.39. The SMILES string of the molecule is COc1ccc(C(C)(C)c2csc(NC(=O)c3ccc(C4CCNCC4)cc3)n2)cc1. The second-order valence-corrected chi connectivity index (χ2v) is 9.35. The predicted molar refractivity (Wildman–Crippen MR) is 126 cm³/mol. The lowest BCUT2D eigenvalue weighted by molar-refractivity contribution is 0.102. The molecule has 2 aromatic carbocycles. The highest BCUT2D eigenvalue weighted by Gasteiger charge is 2.26. The molecule has 1 aromatic heterocycles. The molecule has 2 heterocycles. The van der Waals surface area contributed by atoms with Crippen LogP contribution in [0.3, 0.4) is 0 Å². The van der Waals surface area contributed by atoms with Crippen molar-refractivity contribution in [3.8, 4) is 5.75 Å². The minimum absolute atomic E-state index is 0.125. The van der Waals surface area contributed by atoms with E-state index in [1.807, 2.05) is 29.6 Å². The molecule has 0 unspecified atom stereocenters. The van der Waals surface area contributed by atoms with E-state index in [1.54, 1.807) is 7.11 Å². The summed E-state index contributed by atoms with van der Waals surface area (Å²) in [5.41, 5.74) is 3.77. The van der Waals surface area contributed by atoms with Crippen molar-refractivity contribution < 1.29 is 9.53 Å². The summed E-state index contributed by atoms with van der Waals surface area (Å²) in [5.74, 6) is 1.29. The topological polar surface area (TPSA) is 63.2 Å². The van der Waals surface area contributed by atoms with Gasteiger partial charge in [0.05, 0.1) is 12.8 Å². The highest BCUT2D eigenvalue weighted by Crippen LogP contribution is 2.34. The molecular weight excluding hydrogens is 406 g/mol. The van der Waals surface area contributed by atoms with Gasteiger partial charge in [0.2, 0.25) is 0 Å². The molecule has 0 atom stereocenters. The van der Waals surface area contributed by atoms with Crippen LogP contribution in [0.25, 0.3) is 0 Å². The van der Waals surface area contributed by atoms with Crippen LogP contribution in [0.1, 0.15) is 59.8 Å². The number of methoxy groups -OCH3 is 1. The summed E-state index contributed by atoms with van der Waals surface area (Å²) >= 11 is 1.45. The van der Waals surface area contributed by atoms with Gasteiger partial charge in [-0.1, -0.05) is 38.1 Å². The Balaban J connectivity index is 1.43. The monoisotopic (exact) mass is 435 g/mol. The molecule has 162 valence electrons. The molecule has 0 saturated carbocycles. The average Bonchev–Trinajstić information content (AvgIpc) is 3.29. The van der Waals surface area contributed by atoms with E-state index in [2.05, 4.69) is 48.7 Å². The number of carbonyl (C=O) groups excluding carboxylic acids is 1. The van der Waals surface area contributed by atoms with E-state index < -0.39 is 0 Å². The number of rotatable bonds is 6. The van der Waals surface area contributed by atoms with Crippen LogP contribution in [0.5, 0.6) is 5.75 Å². The number of ether oxygens (including phenoxy) is 1. The smallest absolute Gasteiger partial charge is 0.257 e. The fourth-order valence-electron chi connectivity index (χ4n) is 4.00. The zero-order valence-corrected chi connectivity index (χ0v) is 19.1. The van der Waals surface area contributed by atoms with Crippen LogP contribution in [0.2, 0.25) is 0 Å². The molecule has 0 aliphatic carbocycles. The number of nitrogens with zero attached hydrogens (tertiary/aromatic N) is 1. The molecule has 31 heavy (non-hydrogen) atoms. The third kappa shape index (κ3) is 4.81. The first-order chi connectivity index (χ1) is 15.0. The lowest BCUT2D eigenvalue weighted by Crippen LogP contribution is -2.26. The summed E-state index contributed by atoms with van der Waals surface area (Å²) in [6, 6.07) is 16.0. The Morgan fingerprint density at radius 1 is 1.10 bits per heavy atom. The van der Waals surface area contributed by atoms with Crippen LogP contribution in [-0.2, 0) is 5.41 Å². The van der Waals surface area contributed by atoms with Crippen molar-refractivity contribution in [2.24, 2.45) is 0 Å². The molecule has 1 amide bonds. The third-order valence-electron chi connectivity index (χ3n) is 6.16. The van der Waals surface area contributed by atoms with Crippen molar-refractivity contribution in [2.45, 2.75) is 38.0 Å². The molecule has 2 N–H and O–H groups in total. The number of nitrogens with one attached hydrogen (secondary N) is 2. The summed E-state index contributed by atoms with van der Waals surface area (Å²) < 4.78 is 5.26. The van der Waals surface area contributed by atoms with Crippen molar-refractivity contribution in [1.29, 1.82) is 0 Å². The molecule has 1 saturated heterocycles. The summed E-state index contributed by atoms with van der Waals surface area (Å²) in [5, 5.41) is 8.98. The normalized spacial score (nSPS) is 14.9. The predicted octanol–water partition coefficient (Wildman–Crippen LogP) is 5.20. The van der Waals surface area contributed by atoms with Crippen LogP contribution < -0.4 is 15.4 Å². The lowest BCUT2D eigenvalue weighted by Gasteiger charge is -2.23. The zero-order valence-electron chi connectivity index (χ0n) is 18.3. The van der Waals surface area contributed by atoms with Gasteiger partial charge in [0.15, 0.2) is 5.13 Å². The Morgan fingerprint density at radius 3 is 2.42 bits per heavy atom. The van der Waals surface area contributed by atoms with E-state index in [9.17, 15) is 4.79 Å². The van der Waals surface area contributed by atoms with E-state index in [4.69, 9.17) is 9.72 Å². The molecular formula is C25H29N3O2S. The minimum atomic E-state index is -0.276. The van der Waals surface area contributed by atoms with Gasteiger partial charge in [0.25, 0.3) is 5.91 Å². The Labute approximate surface area is 187 Å². The summed E-state index contributed by atoms with van der Waals surface area (Å²) in [4.78, 5) is 17.4. The number of amides is 1. The van der Waals surface area contributed by atoms with Gasteiger partial charge in [-0.15, -0.1) is 11.3 Å². The average molecular weight is 436 g/mol. The molecule has 4 rings (SSSR count). The standard InChI is InChI=1S/C25H29N3O2S/c1-25(2,20-8-10-21(30-3)11-9-20)22-16-31-24(27-22)28-23(29)19-6-4-17(5-7-19)18-12-14-26-15-13-18/h4-11,16,18,26H,12-15H2,1-3H3,(H,27,28,29). The molecule has 5 nitrogen and oxygen atoms in total. The van der Waals surface area contributed by atoms with Gasteiger partial charge >= 0.3 is 0 Å². The second kappa shape index (κ2) is 9.20. The molecule has 1 aliphatic heterocycles. The van der Waals surface area contributed by atoms with Gasteiger partial charge in [-0.2, -0.15) is 0 Å². The maximum Gasteiger partial charge on any atom is 0.257 e. The molecule has 0 spiro atoms. The molecule has 0 bridgehead atoms. The molecule has 1 aliphatic rings. The highest BCUT2D eigenvalue weighted by atomic mass is 32.1. The van der Waals surface area contributed by atoms with Crippen LogP contribution in [0.4, 0.5) is 5.13 Å². The van der Waals surface area contributed by atoms with E-state index in [0.717, 1.165) is 42.9 Å². The Hall–Kier alpha value is -2.70. The van der Waals surface area contributed by atoms with Gasteiger partial charge in [-0.25, -0.2) is 4.98 Å². The fraction of sp³-hybridized carbons (Fsp3) is 0.360. The van der Waals surface area contributed by atoms with E-state index >= 15 is 0 Å². The van der Waals surface area contributed by atoms with Gasteiger partial charge in [0.1, 0.15) is 5.75 Å². The van der Waals surface area contributed by atoms with Crippen molar-refractivity contribution in [3.63, 3.8) is 0 Å². The van der Waals surface area contributed by atoms with E-state index in [-0.39, 0.29) is 11.3 Å². The lowest BCUT2D eigenvalue weighted by atomic mass is 9.82. The highest BCUT2D eigenvalue weighted by molar-refractivity contribution is 7.14.